The molecule has 1 aromatic carbocycles. The molecule has 4 unspecified atom stereocenters. The molecule has 7 nitrogen and oxygen atoms in total. The molecule has 0 spiro atoms. The molecule has 35 heavy (non-hydrogen) atoms. The fraction of sp³-hybridized carbons (Fsp3) is 0.607. The van der Waals surface area contributed by atoms with Crippen molar-refractivity contribution in [1.29, 1.82) is 0 Å². The van der Waals surface area contributed by atoms with Crippen molar-refractivity contribution < 1.29 is 9.59 Å². The van der Waals surface area contributed by atoms with Gasteiger partial charge in [0.15, 0.2) is 0 Å². The molecule has 1 aromatic heterocycles. The molecule has 184 valence electrons. The van der Waals surface area contributed by atoms with E-state index in [1.165, 1.54) is 37.8 Å². The van der Waals surface area contributed by atoms with Crippen LogP contribution in [0.15, 0.2) is 36.7 Å². The van der Waals surface area contributed by atoms with E-state index in [9.17, 15) is 9.59 Å². The van der Waals surface area contributed by atoms with Crippen LogP contribution in [0.5, 0.6) is 0 Å². The number of fused-ring (bicyclic) bond motifs is 4. The van der Waals surface area contributed by atoms with Gasteiger partial charge in [0, 0.05) is 56.1 Å². The van der Waals surface area contributed by atoms with E-state index in [0.29, 0.717) is 29.5 Å². The molecule has 2 aromatic rings. The highest BCUT2D eigenvalue weighted by Gasteiger charge is 2.43. The number of likely N-dealkylation sites (tertiary alicyclic amines) is 2. The minimum absolute atomic E-state index is 0.124. The topological polar surface area (TPSA) is 61.7 Å². The molecular weight excluding hydrogens is 438 g/mol. The average Bonchev–Trinajstić information content (AvgIpc) is 3.75. The molecule has 0 radical (unpaired) electrons. The molecule has 5 fully saturated rings. The molecule has 0 N–H and O–H groups in total. The first-order valence-corrected chi connectivity index (χ1v) is 13.6. The fourth-order valence-electron chi connectivity index (χ4n) is 7.54. The van der Waals surface area contributed by atoms with E-state index < -0.39 is 0 Å². The molecule has 4 bridgehead atoms. The largest absolute Gasteiger partial charge is 0.371 e. The van der Waals surface area contributed by atoms with Crippen molar-refractivity contribution in [2.45, 2.75) is 63.5 Å². The molecular formula is C28H35N5O2. The van der Waals surface area contributed by atoms with Crippen LogP contribution >= 0.6 is 0 Å². The predicted octanol–water partition coefficient (Wildman–Crippen LogP) is 3.72. The Morgan fingerprint density at radius 1 is 0.771 bits per heavy atom. The molecule has 2 saturated carbocycles. The van der Waals surface area contributed by atoms with E-state index in [1.54, 1.807) is 10.9 Å². The summed E-state index contributed by atoms with van der Waals surface area (Å²) in [6, 6.07) is 9.39. The molecule has 2 aliphatic carbocycles. The SMILES string of the molecule is O=C(c1cnn(-c2ccc(N3CCC(C(=O)N4CC5CCC4C5)CC3)cc2)c1)N1CC2CCC1C2. The number of benzene rings is 1. The van der Waals surface area contributed by atoms with E-state index in [2.05, 4.69) is 44.1 Å². The highest BCUT2D eigenvalue weighted by molar-refractivity contribution is 5.94. The van der Waals surface area contributed by atoms with Gasteiger partial charge < -0.3 is 14.7 Å². The maximum atomic E-state index is 13.1. The Morgan fingerprint density at radius 2 is 1.40 bits per heavy atom. The van der Waals surface area contributed by atoms with Gasteiger partial charge in [0.05, 0.1) is 17.4 Å². The number of rotatable bonds is 4. The number of nitrogens with zero attached hydrogens (tertiary/aromatic N) is 5. The summed E-state index contributed by atoms with van der Waals surface area (Å²) in [7, 11) is 0. The first kappa shape index (κ1) is 21.5. The van der Waals surface area contributed by atoms with Gasteiger partial charge in [-0.2, -0.15) is 5.10 Å². The standard InChI is InChI=1S/C28H35N5O2/c34-27(31-16-19-1-3-25(31)13-19)21-9-11-30(12-10-21)23-5-7-24(8-6-23)33-18-22(15-29-33)28(35)32-17-20-2-4-26(32)14-20/h5-8,15,18-21,25-26H,1-4,9-14,16-17H2. The molecule has 4 atom stereocenters. The number of piperidine rings is 3. The normalized spacial score (nSPS) is 30.0. The predicted molar refractivity (Wildman–Crippen MR) is 134 cm³/mol. The third-order valence-electron chi connectivity index (χ3n) is 9.52. The lowest BCUT2D eigenvalue weighted by molar-refractivity contribution is -0.137. The van der Waals surface area contributed by atoms with Crippen molar-refractivity contribution in [2.24, 2.45) is 17.8 Å². The third-order valence-corrected chi connectivity index (χ3v) is 9.52. The Hall–Kier alpha value is -2.83. The van der Waals surface area contributed by atoms with Crippen LogP contribution in [0.4, 0.5) is 5.69 Å². The van der Waals surface area contributed by atoms with Gasteiger partial charge in [0.2, 0.25) is 5.91 Å². The first-order valence-electron chi connectivity index (χ1n) is 13.6. The van der Waals surface area contributed by atoms with Crippen LogP contribution in [-0.2, 0) is 4.79 Å². The number of carbonyl (C=O) groups excluding carboxylic acids is 2. The highest BCUT2D eigenvalue weighted by Crippen LogP contribution is 2.39. The van der Waals surface area contributed by atoms with E-state index in [4.69, 9.17) is 0 Å². The van der Waals surface area contributed by atoms with E-state index >= 15 is 0 Å². The monoisotopic (exact) mass is 473 g/mol. The summed E-state index contributed by atoms with van der Waals surface area (Å²) >= 11 is 0. The second-order valence-electron chi connectivity index (χ2n) is 11.6. The molecule has 5 aliphatic rings. The lowest BCUT2D eigenvalue weighted by atomic mass is 9.94. The van der Waals surface area contributed by atoms with Crippen molar-refractivity contribution in [3.05, 3.63) is 42.2 Å². The Labute approximate surface area is 207 Å². The van der Waals surface area contributed by atoms with Gasteiger partial charge in [0.1, 0.15) is 0 Å². The quantitative estimate of drug-likeness (QED) is 0.679. The van der Waals surface area contributed by atoms with Gasteiger partial charge in [-0.1, -0.05) is 0 Å². The Bertz CT molecular complexity index is 1120. The van der Waals surface area contributed by atoms with Gasteiger partial charge in [-0.3, -0.25) is 9.59 Å². The van der Waals surface area contributed by atoms with Crippen LogP contribution in [0.1, 0.15) is 61.7 Å². The van der Waals surface area contributed by atoms with Crippen molar-refractivity contribution in [3.8, 4) is 5.69 Å². The molecule has 3 saturated heterocycles. The van der Waals surface area contributed by atoms with Gasteiger partial charge in [-0.15, -0.1) is 0 Å². The van der Waals surface area contributed by atoms with Crippen molar-refractivity contribution in [1.82, 2.24) is 19.6 Å². The van der Waals surface area contributed by atoms with Crippen LogP contribution in [-0.4, -0.2) is 69.7 Å². The lowest BCUT2D eigenvalue weighted by Crippen LogP contribution is -2.45. The second-order valence-corrected chi connectivity index (χ2v) is 11.6. The number of hydrogen-bond acceptors (Lipinski definition) is 4. The molecule has 7 heteroatoms. The van der Waals surface area contributed by atoms with Gasteiger partial charge in [-0.25, -0.2) is 4.68 Å². The van der Waals surface area contributed by atoms with Gasteiger partial charge in [-0.05, 0) is 87.5 Å². The maximum absolute atomic E-state index is 13.1. The zero-order chi connectivity index (χ0) is 23.5. The Kier molecular flexibility index (Phi) is 5.14. The Balaban J connectivity index is 0.966. The molecule has 2 amide bonds. The smallest absolute Gasteiger partial charge is 0.257 e. The molecule has 7 rings (SSSR count). The lowest BCUT2D eigenvalue weighted by Gasteiger charge is -2.36. The summed E-state index contributed by atoms with van der Waals surface area (Å²) in [5, 5.41) is 4.48. The number of carbonyl (C=O) groups is 2. The summed E-state index contributed by atoms with van der Waals surface area (Å²) < 4.78 is 1.81. The van der Waals surface area contributed by atoms with Crippen LogP contribution in [0.3, 0.4) is 0 Å². The van der Waals surface area contributed by atoms with E-state index in [0.717, 1.165) is 57.0 Å². The van der Waals surface area contributed by atoms with E-state index in [1.807, 2.05) is 6.20 Å². The summed E-state index contributed by atoms with van der Waals surface area (Å²) in [6.07, 6.45) is 12.8. The summed E-state index contributed by atoms with van der Waals surface area (Å²) in [6.45, 7) is 3.77. The van der Waals surface area contributed by atoms with Crippen LogP contribution in [0.2, 0.25) is 0 Å². The Morgan fingerprint density at radius 3 is 2.00 bits per heavy atom. The second kappa shape index (κ2) is 8.38. The van der Waals surface area contributed by atoms with Crippen molar-refractivity contribution in [2.75, 3.05) is 31.1 Å². The third kappa shape index (κ3) is 3.74. The molecule has 3 aliphatic heterocycles. The van der Waals surface area contributed by atoms with Crippen LogP contribution in [0.25, 0.3) is 5.69 Å². The minimum Gasteiger partial charge on any atom is -0.371 e. The van der Waals surface area contributed by atoms with Gasteiger partial charge >= 0.3 is 0 Å². The number of anilines is 1. The first-order chi connectivity index (χ1) is 17.1. The molecule has 4 heterocycles. The zero-order valence-electron chi connectivity index (χ0n) is 20.4. The zero-order valence-corrected chi connectivity index (χ0v) is 20.4. The number of aromatic nitrogens is 2. The number of hydrogen-bond donors (Lipinski definition) is 0. The summed E-state index contributed by atoms with van der Waals surface area (Å²) in [5.74, 6) is 2.19. The van der Waals surface area contributed by atoms with Crippen LogP contribution in [0, 0.1) is 17.8 Å². The maximum Gasteiger partial charge on any atom is 0.257 e. The highest BCUT2D eigenvalue weighted by atomic mass is 16.2. The van der Waals surface area contributed by atoms with Gasteiger partial charge in [0.25, 0.3) is 5.91 Å². The van der Waals surface area contributed by atoms with E-state index in [-0.39, 0.29) is 11.8 Å². The van der Waals surface area contributed by atoms with Crippen LogP contribution < -0.4 is 4.90 Å². The van der Waals surface area contributed by atoms with Crippen molar-refractivity contribution >= 4 is 17.5 Å². The number of amides is 2. The fourth-order valence-corrected chi connectivity index (χ4v) is 7.54. The van der Waals surface area contributed by atoms with Crippen molar-refractivity contribution in [3.63, 3.8) is 0 Å². The minimum atomic E-state index is 0.124. The summed E-state index contributed by atoms with van der Waals surface area (Å²) in [4.78, 5) is 32.7. The average molecular weight is 474 g/mol. The summed E-state index contributed by atoms with van der Waals surface area (Å²) in [5.41, 5.74) is 2.83.